The number of methoxy groups -OCH3 is 1. The number of para-hydroxylation sites is 1. The molecule has 3 atom stereocenters. The van der Waals surface area contributed by atoms with E-state index in [1.54, 1.807) is 18.2 Å². The summed E-state index contributed by atoms with van der Waals surface area (Å²) < 4.78 is 30.0. The van der Waals surface area contributed by atoms with Crippen molar-refractivity contribution in [1.82, 2.24) is 16.0 Å². The first-order valence-corrected chi connectivity index (χ1v) is 16.2. The van der Waals surface area contributed by atoms with Gasteiger partial charge in [0, 0.05) is 30.3 Å². The fraction of sp³-hybridized carbons (Fsp3) is 0.289. The fourth-order valence-corrected chi connectivity index (χ4v) is 5.77. The van der Waals surface area contributed by atoms with Gasteiger partial charge in [0.05, 0.1) is 25.9 Å². The Morgan fingerprint density at radius 3 is 2.12 bits per heavy atom. The quantitative estimate of drug-likeness (QED) is 0.148. The first-order chi connectivity index (χ1) is 23.9. The van der Waals surface area contributed by atoms with Gasteiger partial charge in [-0.25, -0.2) is 14.0 Å². The smallest absolute Gasteiger partial charge is 0.407 e. The maximum Gasteiger partial charge on any atom is 0.407 e. The molecule has 4 aromatic rings. The van der Waals surface area contributed by atoms with Gasteiger partial charge in [-0.3, -0.25) is 4.79 Å². The Hall–Kier alpha value is -5.26. The molecule has 1 aliphatic rings. The van der Waals surface area contributed by atoms with E-state index in [0.29, 0.717) is 37.2 Å². The highest BCUT2D eigenvalue weighted by atomic mass is 19.1. The molecule has 4 aromatic carbocycles. The molecule has 1 aliphatic heterocycles. The second-order valence-electron chi connectivity index (χ2n) is 11.7. The maximum absolute atomic E-state index is 14.0. The third kappa shape index (κ3) is 10.1. The summed E-state index contributed by atoms with van der Waals surface area (Å²) in [6, 6.07) is 31.8. The highest BCUT2D eigenvalue weighted by molar-refractivity contribution is 5.98. The van der Waals surface area contributed by atoms with Crippen LogP contribution in [0.3, 0.4) is 0 Å². The van der Waals surface area contributed by atoms with Crippen LogP contribution in [0.1, 0.15) is 34.6 Å². The Kier molecular flexibility index (Phi) is 12.7. The van der Waals surface area contributed by atoms with Gasteiger partial charge in [-0.15, -0.1) is 0 Å². The number of amides is 3. The first kappa shape index (κ1) is 35.1. The highest BCUT2D eigenvalue weighted by Gasteiger charge is 2.33. The van der Waals surface area contributed by atoms with Gasteiger partial charge in [0.15, 0.2) is 0 Å². The molecule has 4 N–H and O–H groups in total. The van der Waals surface area contributed by atoms with Gasteiger partial charge in [-0.1, -0.05) is 97.1 Å². The number of hydrogen-bond donors (Lipinski definition) is 4. The van der Waals surface area contributed by atoms with Crippen LogP contribution in [-0.4, -0.2) is 63.1 Å². The lowest BCUT2D eigenvalue weighted by Gasteiger charge is -2.30. The van der Waals surface area contributed by atoms with Crippen LogP contribution in [0.5, 0.6) is 0 Å². The number of nitrogens with one attached hydrogen (secondary N) is 4. The third-order valence-electron chi connectivity index (χ3n) is 8.37. The van der Waals surface area contributed by atoms with Gasteiger partial charge in [-0.05, 0) is 41.7 Å². The first-order valence-electron chi connectivity index (χ1n) is 16.2. The van der Waals surface area contributed by atoms with E-state index in [0.717, 1.165) is 16.7 Å². The zero-order valence-corrected chi connectivity index (χ0v) is 27.3. The normalized spacial score (nSPS) is 16.3. The summed E-state index contributed by atoms with van der Waals surface area (Å²) in [6.45, 7) is 1.05. The minimum absolute atomic E-state index is 0.0349. The molecule has 0 spiro atoms. The van der Waals surface area contributed by atoms with Crippen LogP contribution in [-0.2, 0) is 32.0 Å². The van der Waals surface area contributed by atoms with E-state index < -0.39 is 24.1 Å². The number of carbonyl (C=O) groups excluding carboxylic acids is 3. The number of morpholine rings is 1. The van der Waals surface area contributed by atoms with Gasteiger partial charge < -0.3 is 35.5 Å². The number of anilines is 1. The minimum atomic E-state index is -0.975. The molecule has 3 amide bonds. The lowest BCUT2D eigenvalue weighted by molar-refractivity contribution is -0.118. The van der Waals surface area contributed by atoms with Crippen LogP contribution >= 0.6 is 0 Å². The van der Waals surface area contributed by atoms with Gasteiger partial charge in [-0.2, -0.15) is 0 Å². The van der Waals surface area contributed by atoms with E-state index in [9.17, 15) is 18.8 Å². The number of carbonyl (C=O) groups is 3. The zero-order valence-electron chi connectivity index (χ0n) is 27.3. The van der Waals surface area contributed by atoms with E-state index in [1.165, 1.54) is 13.2 Å². The van der Waals surface area contributed by atoms with Crippen LogP contribution in [0.2, 0.25) is 0 Å². The molecule has 0 unspecified atom stereocenters. The molecule has 0 aliphatic carbocycles. The van der Waals surface area contributed by atoms with Crippen LogP contribution in [0, 0.1) is 5.82 Å². The monoisotopic (exact) mass is 668 g/mol. The Morgan fingerprint density at radius 1 is 0.857 bits per heavy atom. The van der Waals surface area contributed by atoms with E-state index in [1.807, 2.05) is 84.9 Å². The van der Waals surface area contributed by atoms with Crippen molar-refractivity contribution in [3.8, 4) is 0 Å². The predicted octanol–water partition coefficient (Wildman–Crippen LogP) is 5.54. The topological polar surface area (TPSA) is 127 Å². The SMILES string of the molecule is COC(=O)N[C@H](C(=O)Nc1ccccc1CC[C@@H]1CN[C@H](COC(=O)NCc2ccccc2F)CO1)C(c1ccccc1)c1ccccc1. The van der Waals surface area contributed by atoms with Crippen molar-refractivity contribution in [1.29, 1.82) is 0 Å². The molecule has 1 fully saturated rings. The van der Waals surface area contributed by atoms with Crippen molar-refractivity contribution in [3.63, 3.8) is 0 Å². The lowest BCUT2D eigenvalue weighted by Crippen LogP contribution is -2.49. The minimum Gasteiger partial charge on any atom is -0.453 e. The number of halogens is 1. The lowest BCUT2D eigenvalue weighted by atomic mass is 9.84. The van der Waals surface area contributed by atoms with Crippen LogP contribution in [0.4, 0.5) is 19.7 Å². The van der Waals surface area contributed by atoms with Crippen molar-refractivity contribution in [2.24, 2.45) is 0 Å². The molecular formula is C38H41FN4O6. The highest BCUT2D eigenvalue weighted by Crippen LogP contribution is 2.30. The molecule has 10 nitrogen and oxygen atoms in total. The summed E-state index contributed by atoms with van der Waals surface area (Å²) in [6.07, 6.45) is -0.132. The average Bonchev–Trinajstić information content (AvgIpc) is 3.14. The molecule has 11 heteroatoms. The van der Waals surface area contributed by atoms with Crippen molar-refractivity contribution >= 4 is 23.8 Å². The summed E-state index contributed by atoms with van der Waals surface area (Å²) in [4.78, 5) is 38.6. The van der Waals surface area contributed by atoms with Crippen molar-refractivity contribution in [3.05, 3.63) is 137 Å². The molecule has 0 saturated carbocycles. The number of aryl methyl sites for hydroxylation is 1. The number of benzene rings is 4. The van der Waals surface area contributed by atoms with E-state index in [4.69, 9.17) is 14.2 Å². The number of rotatable bonds is 13. The summed E-state index contributed by atoms with van der Waals surface area (Å²) in [5.74, 6) is -1.25. The van der Waals surface area contributed by atoms with E-state index in [-0.39, 0.29) is 37.0 Å². The molecule has 1 saturated heterocycles. The predicted molar refractivity (Wildman–Crippen MR) is 184 cm³/mol. The van der Waals surface area contributed by atoms with Gasteiger partial charge in [0.2, 0.25) is 5.91 Å². The summed E-state index contributed by atoms with van der Waals surface area (Å²) in [5, 5.41) is 11.8. The van der Waals surface area contributed by atoms with Crippen molar-refractivity contribution < 1.29 is 33.0 Å². The maximum atomic E-state index is 14.0. The summed E-state index contributed by atoms with van der Waals surface area (Å²) in [7, 11) is 1.27. The van der Waals surface area contributed by atoms with Crippen molar-refractivity contribution in [2.45, 2.75) is 43.5 Å². The van der Waals surface area contributed by atoms with Gasteiger partial charge >= 0.3 is 12.2 Å². The molecule has 1 heterocycles. The second-order valence-corrected chi connectivity index (χ2v) is 11.7. The molecule has 0 aromatic heterocycles. The average molecular weight is 669 g/mol. The Morgan fingerprint density at radius 2 is 1.49 bits per heavy atom. The fourth-order valence-electron chi connectivity index (χ4n) is 5.77. The molecular weight excluding hydrogens is 627 g/mol. The second kappa shape index (κ2) is 17.8. The van der Waals surface area contributed by atoms with E-state index in [2.05, 4.69) is 21.3 Å². The Balaban J connectivity index is 1.16. The molecule has 5 rings (SSSR count). The van der Waals surface area contributed by atoms with Gasteiger partial charge in [0.1, 0.15) is 18.5 Å². The molecule has 0 bridgehead atoms. The zero-order chi connectivity index (χ0) is 34.4. The summed E-state index contributed by atoms with van der Waals surface area (Å²) >= 11 is 0. The Bertz CT molecular complexity index is 1630. The molecule has 49 heavy (non-hydrogen) atoms. The Labute approximate surface area is 285 Å². The third-order valence-corrected chi connectivity index (χ3v) is 8.37. The largest absolute Gasteiger partial charge is 0.453 e. The van der Waals surface area contributed by atoms with E-state index >= 15 is 0 Å². The van der Waals surface area contributed by atoms with Crippen LogP contribution in [0.25, 0.3) is 0 Å². The molecule has 0 radical (unpaired) electrons. The number of hydrogen-bond acceptors (Lipinski definition) is 7. The summed E-state index contributed by atoms with van der Waals surface area (Å²) in [5.41, 5.74) is 3.67. The van der Waals surface area contributed by atoms with Gasteiger partial charge in [0.25, 0.3) is 0 Å². The van der Waals surface area contributed by atoms with Crippen LogP contribution < -0.4 is 21.3 Å². The van der Waals surface area contributed by atoms with Crippen LogP contribution in [0.15, 0.2) is 109 Å². The van der Waals surface area contributed by atoms with Crippen molar-refractivity contribution in [2.75, 3.05) is 32.2 Å². The number of alkyl carbamates (subject to hydrolysis) is 2. The molecule has 256 valence electrons. The standard InChI is InChI=1S/C38H41FN4O6/c1-47-38(46)43-35(34(27-13-4-2-5-14-27)28-15-6-3-7-16-28)36(44)42-33-19-11-9-12-26(33)20-21-31-23-40-30(24-48-31)25-49-37(45)41-22-29-17-8-10-18-32(29)39/h2-19,30-31,34-35,40H,20-25H2,1H3,(H,41,45)(H,42,44)(H,43,46)/t30-,31+,35-/m0/s1. The number of ether oxygens (including phenoxy) is 3.